The first-order valence-corrected chi connectivity index (χ1v) is 4.70. The Morgan fingerprint density at radius 2 is 2.27 bits per heavy atom. The molecule has 0 bridgehead atoms. The molecule has 2 N–H and O–H groups in total. The van der Waals surface area contributed by atoms with Gasteiger partial charge in [-0.05, 0) is 12.5 Å². The topological polar surface area (TPSA) is 58.6 Å². The lowest BCUT2D eigenvalue weighted by atomic mass is 10.1. The minimum absolute atomic E-state index is 0.0445. The highest BCUT2D eigenvalue weighted by atomic mass is 16.5. The molecule has 4 nitrogen and oxygen atoms in total. The monoisotopic (exact) mass is 209 g/mol. The molecule has 1 aromatic rings. The third-order valence-electron chi connectivity index (χ3n) is 2.09. The molecule has 0 unspecified atom stereocenters. The second-order valence-corrected chi connectivity index (χ2v) is 3.26. The summed E-state index contributed by atoms with van der Waals surface area (Å²) in [6.45, 7) is 2.41. The van der Waals surface area contributed by atoms with Crippen LogP contribution in [0, 0.1) is 6.92 Å². The van der Waals surface area contributed by atoms with E-state index < -0.39 is 5.97 Å². The zero-order valence-electron chi connectivity index (χ0n) is 8.91. The predicted molar refractivity (Wildman–Crippen MR) is 57.1 cm³/mol. The van der Waals surface area contributed by atoms with Crippen LogP contribution in [0.5, 0.6) is 5.75 Å². The fourth-order valence-electron chi connectivity index (χ4n) is 1.45. The Morgan fingerprint density at radius 3 is 2.87 bits per heavy atom. The maximum atomic E-state index is 10.3. The van der Waals surface area contributed by atoms with Crippen LogP contribution in [0.3, 0.4) is 0 Å². The SMILES string of the molecule is COc1c(C)cccc1CNCC(=O)O. The number of aliphatic carboxylic acids is 1. The lowest BCUT2D eigenvalue weighted by molar-refractivity contribution is -0.135. The Kier molecular flexibility index (Phi) is 4.12. The highest BCUT2D eigenvalue weighted by Crippen LogP contribution is 2.22. The molecule has 0 aromatic heterocycles. The van der Waals surface area contributed by atoms with E-state index in [0.717, 1.165) is 16.9 Å². The standard InChI is InChI=1S/C11H15NO3/c1-8-4-3-5-9(11(8)15-2)6-12-7-10(13)14/h3-5,12H,6-7H2,1-2H3,(H,13,14). The molecular weight excluding hydrogens is 194 g/mol. The number of para-hydroxylation sites is 1. The molecular formula is C11H15NO3. The number of benzene rings is 1. The molecule has 0 spiro atoms. The number of aryl methyl sites for hydroxylation is 1. The Balaban J connectivity index is 2.67. The highest BCUT2D eigenvalue weighted by molar-refractivity contribution is 5.69. The number of carbonyl (C=O) groups is 1. The van der Waals surface area contributed by atoms with Crippen LogP contribution in [0.4, 0.5) is 0 Å². The van der Waals surface area contributed by atoms with E-state index in [0.29, 0.717) is 6.54 Å². The van der Waals surface area contributed by atoms with Gasteiger partial charge in [0.25, 0.3) is 0 Å². The van der Waals surface area contributed by atoms with Crippen molar-refractivity contribution in [2.24, 2.45) is 0 Å². The number of rotatable bonds is 5. The van der Waals surface area contributed by atoms with Gasteiger partial charge in [-0.25, -0.2) is 0 Å². The average Bonchev–Trinajstić information content (AvgIpc) is 2.17. The molecule has 0 atom stereocenters. The molecule has 0 saturated heterocycles. The van der Waals surface area contributed by atoms with Crippen LogP contribution >= 0.6 is 0 Å². The predicted octanol–water partition coefficient (Wildman–Crippen LogP) is 1.18. The number of hydrogen-bond acceptors (Lipinski definition) is 3. The van der Waals surface area contributed by atoms with Gasteiger partial charge in [0.05, 0.1) is 13.7 Å². The molecule has 15 heavy (non-hydrogen) atoms. The van der Waals surface area contributed by atoms with Gasteiger partial charge < -0.3 is 15.2 Å². The Bertz CT molecular complexity index is 350. The first kappa shape index (κ1) is 11.5. The molecule has 1 aromatic carbocycles. The van der Waals surface area contributed by atoms with Crippen LogP contribution in [0.1, 0.15) is 11.1 Å². The van der Waals surface area contributed by atoms with E-state index >= 15 is 0 Å². The minimum atomic E-state index is -0.860. The zero-order chi connectivity index (χ0) is 11.3. The summed E-state index contributed by atoms with van der Waals surface area (Å²) in [6, 6.07) is 5.80. The van der Waals surface area contributed by atoms with Gasteiger partial charge in [-0.1, -0.05) is 18.2 Å². The molecule has 0 amide bonds. The van der Waals surface area contributed by atoms with Crippen LogP contribution in [-0.4, -0.2) is 24.7 Å². The van der Waals surface area contributed by atoms with Gasteiger partial charge in [0.1, 0.15) is 5.75 Å². The molecule has 0 saturated carbocycles. The van der Waals surface area contributed by atoms with E-state index in [1.165, 1.54) is 0 Å². The van der Waals surface area contributed by atoms with Crippen molar-refractivity contribution < 1.29 is 14.6 Å². The molecule has 4 heteroatoms. The minimum Gasteiger partial charge on any atom is -0.496 e. The van der Waals surface area contributed by atoms with Crippen LogP contribution in [0.15, 0.2) is 18.2 Å². The first-order valence-electron chi connectivity index (χ1n) is 4.70. The Morgan fingerprint density at radius 1 is 1.53 bits per heavy atom. The summed E-state index contributed by atoms with van der Waals surface area (Å²) < 4.78 is 5.25. The summed E-state index contributed by atoms with van der Waals surface area (Å²) in [5, 5.41) is 11.3. The van der Waals surface area contributed by atoms with Crippen molar-refractivity contribution in [3.63, 3.8) is 0 Å². The molecule has 0 aliphatic rings. The van der Waals surface area contributed by atoms with E-state index in [2.05, 4.69) is 5.32 Å². The molecule has 1 rings (SSSR count). The van der Waals surface area contributed by atoms with Crippen LogP contribution in [0.25, 0.3) is 0 Å². The van der Waals surface area contributed by atoms with Gasteiger partial charge in [0.15, 0.2) is 0 Å². The van der Waals surface area contributed by atoms with Crippen molar-refractivity contribution in [3.8, 4) is 5.75 Å². The van der Waals surface area contributed by atoms with Crippen LogP contribution in [0.2, 0.25) is 0 Å². The van der Waals surface area contributed by atoms with Crippen LogP contribution < -0.4 is 10.1 Å². The van der Waals surface area contributed by atoms with E-state index in [1.807, 2.05) is 25.1 Å². The number of nitrogens with one attached hydrogen (secondary N) is 1. The van der Waals surface area contributed by atoms with Gasteiger partial charge >= 0.3 is 5.97 Å². The van der Waals surface area contributed by atoms with Crippen molar-refractivity contribution in [3.05, 3.63) is 29.3 Å². The Labute approximate surface area is 88.9 Å². The normalized spacial score (nSPS) is 10.0. The van der Waals surface area contributed by atoms with Crippen molar-refractivity contribution in [2.75, 3.05) is 13.7 Å². The van der Waals surface area contributed by atoms with E-state index in [9.17, 15) is 4.79 Å². The fraction of sp³-hybridized carbons (Fsp3) is 0.364. The summed E-state index contributed by atoms with van der Waals surface area (Å²) in [5.41, 5.74) is 2.02. The van der Waals surface area contributed by atoms with Crippen molar-refractivity contribution in [1.29, 1.82) is 0 Å². The molecule has 0 aliphatic carbocycles. The Hall–Kier alpha value is -1.55. The van der Waals surface area contributed by atoms with Gasteiger partial charge in [0, 0.05) is 12.1 Å². The van der Waals surface area contributed by atoms with Crippen LogP contribution in [-0.2, 0) is 11.3 Å². The maximum absolute atomic E-state index is 10.3. The van der Waals surface area contributed by atoms with E-state index in [4.69, 9.17) is 9.84 Å². The van der Waals surface area contributed by atoms with Crippen molar-refractivity contribution in [1.82, 2.24) is 5.32 Å². The van der Waals surface area contributed by atoms with Crippen molar-refractivity contribution >= 4 is 5.97 Å². The number of carboxylic acid groups (broad SMARTS) is 1. The fourth-order valence-corrected chi connectivity index (χ4v) is 1.45. The van der Waals surface area contributed by atoms with E-state index in [1.54, 1.807) is 7.11 Å². The third-order valence-corrected chi connectivity index (χ3v) is 2.09. The first-order chi connectivity index (χ1) is 7.15. The second-order valence-electron chi connectivity index (χ2n) is 3.26. The van der Waals surface area contributed by atoms with Gasteiger partial charge in [0.2, 0.25) is 0 Å². The largest absolute Gasteiger partial charge is 0.496 e. The lowest BCUT2D eigenvalue weighted by Crippen LogP contribution is -2.22. The third kappa shape index (κ3) is 3.25. The summed E-state index contributed by atoms with van der Waals surface area (Å²) in [4.78, 5) is 10.3. The smallest absolute Gasteiger partial charge is 0.317 e. The van der Waals surface area contributed by atoms with Gasteiger partial charge in [-0.15, -0.1) is 0 Å². The molecule has 0 fully saturated rings. The highest BCUT2D eigenvalue weighted by Gasteiger charge is 2.05. The van der Waals surface area contributed by atoms with Crippen molar-refractivity contribution in [2.45, 2.75) is 13.5 Å². The molecule has 0 aliphatic heterocycles. The quantitative estimate of drug-likeness (QED) is 0.764. The average molecular weight is 209 g/mol. The van der Waals surface area contributed by atoms with E-state index in [-0.39, 0.29) is 6.54 Å². The van der Waals surface area contributed by atoms with Gasteiger partial charge in [-0.3, -0.25) is 4.79 Å². The molecule has 0 heterocycles. The number of ether oxygens (including phenoxy) is 1. The number of carboxylic acids is 1. The summed E-state index contributed by atoms with van der Waals surface area (Å²) in [6.07, 6.45) is 0. The molecule has 82 valence electrons. The zero-order valence-corrected chi connectivity index (χ0v) is 8.91. The molecule has 0 radical (unpaired) electrons. The summed E-state index contributed by atoms with van der Waals surface area (Å²) in [5.74, 6) is -0.0444. The second kappa shape index (κ2) is 5.36. The summed E-state index contributed by atoms with van der Waals surface area (Å²) in [7, 11) is 1.61. The van der Waals surface area contributed by atoms with Gasteiger partial charge in [-0.2, -0.15) is 0 Å². The summed E-state index contributed by atoms with van der Waals surface area (Å²) >= 11 is 0. The number of methoxy groups -OCH3 is 1. The number of hydrogen-bond donors (Lipinski definition) is 2. The lowest BCUT2D eigenvalue weighted by Gasteiger charge is -2.11. The maximum Gasteiger partial charge on any atom is 0.317 e.